The van der Waals surface area contributed by atoms with Crippen LogP contribution in [0.3, 0.4) is 0 Å². The highest BCUT2D eigenvalue weighted by Gasteiger charge is 2.20. The maximum Gasteiger partial charge on any atom is 0.251 e. The molecule has 3 aromatic rings. The van der Waals surface area contributed by atoms with E-state index in [1.54, 1.807) is 31.4 Å². The molecule has 33 heavy (non-hydrogen) atoms. The molecule has 1 aliphatic rings. The fourth-order valence-electron chi connectivity index (χ4n) is 3.81. The number of nitrogens with one attached hydrogen (secondary N) is 2. The molecule has 1 saturated heterocycles. The number of methoxy groups -OCH3 is 1. The minimum atomic E-state index is -0.634. The Morgan fingerprint density at radius 3 is 2.91 bits per heavy atom. The van der Waals surface area contributed by atoms with Gasteiger partial charge in [0.1, 0.15) is 29.7 Å². The second kappa shape index (κ2) is 10.2. The fourth-order valence-corrected chi connectivity index (χ4v) is 3.81. The van der Waals surface area contributed by atoms with Gasteiger partial charge in [0, 0.05) is 25.3 Å². The molecule has 1 amide bonds. The molecule has 0 aliphatic carbocycles. The third-order valence-corrected chi connectivity index (χ3v) is 5.44. The van der Waals surface area contributed by atoms with Crippen molar-refractivity contribution in [3.63, 3.8) is 0 Å². The van der Waals surface area contributed by atoms with Crippen molar-refractivity contribution in [2.75, 3.05) is 38.7 Å². The molecule has 0 unspecified atom stereocenters. The maximum atomic E-state index is 12.3. The van der Waals surface area contributed by atoms with Crippen molar-refractivity contribution in [1.82, 2.24) is 20.3 Å². The number of primary amides is 1. The van der Waals surface area contributed by atoms with Crippen molar-refractivity contribution in [2.24, 2.45) is 5.73 Å². The third kappa shape index (κ3) is 5.00. The summed E-state index contributed by atoms with van der Waals surface area (Å²) in [5, 5.41) is 16.5. The standard InChI is InChI=1S/C23H25N7O3/c1-32-7-8-33-16-4-5-17(14(9-16)11-24)19-10-18(22(25)31)20-21(30-19)23(28-13-27-20)29-15-3-2-6-26-12-15/h4-5,9-10,13,15,26H,2-3,6-8,12H2,1H3,(H2,25,31)(H,27,28,29)/t15-/m0/s1. The number of piperidine rings is 1. The average molecular weight is 447 g/mol. The normalized spacial score (nSPS) is 15.7. The first-order valence-corrected chi connectivity index (χ1v) is 10.7. The molecule has 1 atom stereocenters. The van der Waals surface area contributed by atoms with Gasteiger partial charge in [0.05, 0.1) is 29.5 Å². The Balaban J connectivity index is 1.78. The van der Waals surface area contributed by atoms with Crippen LogP contribution in [0.2, 0.25) is 0 Å². The number of ether oxygens (including phenoxy) is 2. The van der Waals surface area contributed by atoms with Crippen LogP contribution in [-0.2, 0) is 4.74 Å². The molecule has 0 radical (unpaired) electrons. The number of pyridine rings is 1. The van der Waals surface area contributed by atoms with Crippen LogP contribution in [0, 0.1) is 11.3 Å². The number of nitrogens with two attached hydrogens (primary N) is 1. The van der Waals surface area contributed by atoms with Crippen LogP contribution < -0.4 is 21.1 Å². The van der Waals surface area contributed by atoms with Gasteiger partial charge in [-0.15, -0.1) is 0 Å². The van der Waals surface area contributed by atoms with Gasteiger partial charge in [-0.05, 0) is 43.7 Å². The van der Waals surface area contributed by atoms with Gasteiger partial charge >= 0.3 is 0 Å². The number of fused-ring (bicyclic) bond motifs is 1. The van der Waals surface area contributed by atoms with Gasteiger partial charge in [-0.2, -0.15) is 5.26 Å². The summed E-state index contributed by atoms with van der Waals surface area (Å²) < 4.78 is 10.6. The van der Waals surface area contributed by atoms with E-state index >= 15 is 0 Å². The molecule has 4 rings (SSSR count). The van der Waals surface area contributed by atoms with Crippen molar-refractivity contribution in [3.8, 4) is 23.1 Å². The predicted octanol–water partition coefficient (Wildman–Crippen LogP) is 1.85. The molecule has 0 saturated carbocycles. The van der Waals surface area contributed by atoms with Gasteiger partial charge < -0.3 is 25.8 Å². The van der Waals surface area contributed by atoms with E-state index in [1.807, 2.05) is 0 Å². The van der Waals surface area contributed by atoms with Gasteiger partial charge in [-0.3, -0.25) is 4.79 Å². The van der Waals surface area contributed by atoms with Gasteiger partial charge in [0.2, 0.25) is 0 Å². The molecular weight excluding hydrogens is 422 g/mol. The summed E-state index contributed by atoms with van der Waals surface area (Å²) in [7, 11) is 1.59. The largest absolute Gasteiger partial charge is 0.491 e. The zero-order valence-electron chi connectivity index (χ0n) is 18.3. The summed E-state index contributed by atoms with van der Waals surface area (Å²) in [6.07, 6.45) is 3.43. The minimum Gasteiger partial charge on any atom is -0.491 e. The highest BCUT2D eigenvalue weighted by Crippen LogP contribution is 2.31. The topological polar surface area (TPSA) is 148 Å². The van der Waals surface area contributed by atoms with E-state index in [2.05, 4.69) is 26.7 Å². The van der Waals surface area contributed by atoms with Crippen molar-refractivity contribution in [3.05, 3.63) is 41.7 Å². The SMILES string of the molecule is COCCOc1ccc(-c2cc(C(N)=O)c3ncnc(N[C@H]4CCCNC4)c3n2)c(C#N)c1. The fraction of sp³-hybridized carbons (Fsp3) is 0.348. The van der Waals surface area contributed by atoms with Gasteiger partial charge in [-0.1, -0.05) is 0 Å². The number of nitriles is 1. The lowest BCUT2D eigenvalue weighted by Crippen LogP contribution is -2.38. The highest BCUT2D eigenvalue weighted by atomic mass is 16.5. The number of rotatable bonds is 8. The predicted molar refractivity (Wildman–Crippen MR) is 123 cm³/mol. The summed E-state index contributed by atoms with van der Waals surface area (Å²) in [5.41, 5.74) is 8.01. The van der Waals surface area contributed by atoms with Crippen LogP contribution in [0.1, 0.15) is 28.8 Å². The zero-order chi connectivity index (χ0) is 23.2. The molecule has 0 spiro atoms. The van der Waals surface area contributed by atoms with E-state index in [0.717, 1.165) is 25.9 Å². The molecule has 0 bridgehead atoms. The second-order valence-electron chi connectivity index (χ2n) is 7.69. The van der Waals surface area contributed by atoms with Crippen LogP contribution in [0.4, 0.5) is 5.82 Å². The van der Waals surface area contributed by atoms with E-state index in [4.69, 9.17) is 20.2 Å². The zero-order valence-corrected chi connectivity index (χ0v) is 18.3. The molecule has 1 fully saturated rings. The lowest BCUT2D eigenvalue weighted by atomic mass is 10.0. The van der Waals surface area contributed by atoms with Crippen LogP contribution in [0.25, 0.3) is 22.3 Å². The lowest BCUT2D eigenvalue weighted by Gasteiger charge is -2.24. The van der Waals surface area contributed by atoms with E-state index in [0.29, 0.717) is 52.6 Å². The van der Waals surface area contributed by atoms with Gasteiger partial charge in [0.25, 0.3) is 5.91 Å². The van der Waals surface area contributed by atoms with E-state index in [1.165, 1.54) is 6.33 Å². The Kier molecular flexibility index (Phi) is 6.92. The number of hydrogen-bond donors (Lipinski definition) is 3. The number of hydrogen-bond acceptors (Lipinski definition) is 9. The van der Waals surface area contributed by atoms with Crippen LogP contribution in [-0.4, -0.2) is 60.3 Å². The van der Waals surface area contributed by atoms with Crippen molar-refractivity contribution < 1.29 is 14.3 Å². The number of nitrogens with zero attached hydrogens (tertiary/aromatic N) is 4. The molecule has 2 aromatic heterocycles. The Hall–Kier alpha value is -3.81. The molecule has 4 N–H and O–H groups in total. The summed E-state index contributed by atoms with van der Waals surface area (Å²) in [4.78, 5) is 25.6. The van der Waals surface area contributed by atoms with Gasteiger partial charge in [-0.25, -0.2) is 15.0 Å². The molecular formula is C23H25N7O3. The number of anilines is 1. The maximum absolute atomic E-state index is 12.3. The molecule has 1 aliphatic heterocycles. The number of carbonyl (C=O) groups is 1. The Morgan fingerprint density at radius 1 is 1.30 bits per heavy atom. The van der Waals surface area contributed by atoms with Crippen molar-refractivity contribution in [1.29, 1.82) is 5.26 Å². The average Bonchev–Trinajstić information content (AvgIpc) is 2.84. The van der Waals surface area contributed by atoms with Crippen LogP contribution >= 0.6 is 0 Å². The number of carbonyl (C=O) groups excluding carboxylic acids is 1. The number of aromatic nitrogens is 3. The van der Waals surface area contributed by atoms with Crippen molar-refractivity contribution in [2.45, 2.75) is 18.9 Å². The van der Waals surface area contributed by atoms with Crippen LogP contribution in [0.15, 0.2) is 30.6 Å². The minimum absolute atomic E-state index is 0.178. The highest BCUT2D eigenvalue weighted by molar-refractivity contribution is 6.07. The van der Waals surface area contributed by atoms with Gasteiger partial charge in [0.15, 0.2) is 5.82 Å². The summed E-state index contributed by atoms with van der Waals surface area (Å²) in [5.74, 6) is 0.431. The summed E-state index contributed by atoms with van der Waals surface area (Å²) >= 11 is 0. The van der Waals surface area contributed by atoms with E-state index in [9.17, 15) is 10.1 Å². The first-order chi connectivity index (χ1) is 16.1. The molecule has 10 nitrogen and oxygen atoms in total. The first-order valence-electron chi connectivity index (χ1n) is 10.7. The lowest BCUT2D eigenvalue weighted by molar-refractivity contribution is 0.100. The second-order valence-corrected chi connectivity index (χ2v) is 7.69. The summed E-state index contributed by atoms with van der Waals surface area (Å²) in [6, 6.07) is 9.04. The Morgan fingerprint density at radius 2 is 2.18 bits per heavy atom. The summed E-state index contributed by atoms with van der Waals surface area (Å²) in [6.45, 7) is 2.59. The molecule has 10 heteroatoms. The first kappa shape index (κ1) is 22.4. The van der Waals surface area contributed by atoms with Crippen molar-refractivity contribution >= 4 is 22.8 Å². The third-order valence-electron chi connectivity index (χ3n) is 5.44. The molecule has 170 valence electrons. The number of amides is 1. The molecule has 1 aromatic carbocycles. The van der Waals surface area contributed by atoms with E-state index in [-0.39, 0.29) is 11.6 Å². The smallest absolute Gasteiger partial charge is 0.251 e. The number of benzene rings is 1. The van der Waals surface area contributed by atoms with E-state index < -0.39 is 5.91 Å². The monoisotopic (exact) mass is 447 g/mol. The van der Waals surface area contributed by atoms with Crippen LogP contribution in [0.5, 0.6) is 5.75 Å². The Bertz CT molecular complexity index is 1200. The molecule has 3 heterocycles. The Labute approximate surface area is 191 Å². The quantitative estimate of drug-likeness (QED) is 0.440.